The van der Waals surface area contributed by atoms with Crippen LogP contribution in [0.4, 0.5) is 4.39 Å². The van der Waals surface area contributed by atoms with Gasteiger partial charge in [0.15, 0.2) is 5.63 Å². The maximum absolute atomic E-state index is 11.4. The highest BCUT2D eigenvalue weighted by atomic mass is 35.5. The highest BCUT2D eigenvalue weighted by Gasteiger charge is 1.91. The van der Waals surface area contributed by atoms with Crippen LogP contribution in [0, 0.1) is 0 Å². The first-order valence-electron chi connectivity index (χ1n) is 1.66. The van der Waals surface area contributed by atoms with Gasteiger partial charge in [0.2, 0.25) is 0 Å². The second-order valence-electron chi connectivity index (χ2n) is 0.915. The number of halogens is 2. The van der Waals surface area contributed by atoms with Crippen molar-refractivity contribution in [3.63, 3.8) is 0 Å². The molecule has 0 aromatic heterocycles. The number of hydrogen-bond donors (Lipinski definition) is 0. The first-order valence-corrected chi connectivity index (χ1v) is 2.10. The predicted octanol–water partition coefficient (Wildman–Crippen LogP) is 2.10. The molecule has 0 N–H and O–H groups in total. The first kappa shape index (κ1) is 5.96. The summed E-state index contributed by atoms with van der Waals surface area (Å²) in [4.78, 5) is 0. The summed E-state index contributed by atoms with van der Waals surface area (Å²) >= 11 is 4.84. The minimum Gasteiger partial charge on any atom is -0.230 e. The van der Waals surface area contributed by atoms with E-state index in [4.69, 9.17) is 11.6 Å². The molecule has 0 nitrogen and oxygen atoms in total. The average Bonchev–Trinajstić information content (AvgIpc) is 1.35. The predicted molar refractivity (Wildman–Crippen MR) is 25.6 cm³/mol. The highest BCUT2D eigenvalue weighted by molar-refractivity contribution is 6.19. The van der Waals surface area contributed by atoms with Gasteiger partial charge in [-0.15, -0.1) is 6.58 Å². The molecule has 36 valence electrons. The number of hydrogen-bond acceptors (Lipinski definition) is 0. The maximum atomic E-state index is 11.4. The minimum absolute atomic E-state index is 0.238. The summed E-state index contributed by atoms with van der Waals surface area (Å²) in [6.45, 7) is 3.28. The van der Waals surface area contributed by atoms with Crippen LogP contribution in [0.3, 0.4) is 0 Å². The quantitative estimate of drug-likeness (QED) is 0.375. The Morgan fingerprint density at radius 3 is 2.50 bits per heavy atom. The SMILES string of the molecule is C=CCC(F)Cl. The third-order valence-corrected chi connectivity index (χ3v) is 0.523. The minimum atomic E-state index is -1.25. The summed E-state index contributed by atoms with van der Waals surface area (Å²) in [5.74, 6) is 0. The molecule has 0 fully saturated rings. The molecule has 2 heteroatoms. The summed E-state index contributed by atoms with van der Waals surface area (Å²) in [6.07, 6.45) is 1.68. The van der Waals surface area contributed by atoms with Crippen molar-refractivity contribution in [3.05, 3.63) is 12.7 Å². The van der Waals surface area contributed by atoms with Gasteiger partial charge in [0, 0.05) is 6.42 Å². The standard InChI is InChI=1S/C4H6ClF/c1-2-3-4(5)6/h2,4H,1,3H2. The zero-order chi connectivity index (χ0) is 4.99. The lowest BCUT2D eigenvalue weighted by molar-refractivity contribution is 0.448. The molecule has 0 amide bonds. The zero-order valence-corrected chi connectivity index (χ0v) is 4.08. The van der Waals surface area contributed by atoms with E-state index in [2.05, 4.69) is 6.58 Å². The van der Waals surface area contributed by atoms with Gasteiger partial charge in [0.1, 0.15) is 0 Å². The largest absolute Gasteiger partial charge is 0.230 e. The van der Waals surface area contributed by atoms with Gasteiger partial charge in [-0.05, 0) is 0 Å². The summed E-state index contributed by atoms with van der Waals surface area (Å²) < 4.78 is 11.4. The van der Waals surface area contributed by atoms with Gasteiger partial charge in [-0.25, -0.2) is 4.39 Å². The average molecular weight is 109 g/mol. The van der Waals surface area contributed by atoms with Crippen molar-refractivity contribution in [2.45, 2.75) is 12.1 Å². The molecule has 0 saturated heterocycles. The van der Waals surface area contributed by atoms with E-state index in [0.717, 1.165) is 0 Å². The molecule has 1 unspecified atom stereocenters. The summed E-state index contributed by atoms with van der Waals surface area (Å²) in [5, 5.41) is 0. The summed E-state index contributed by atoms with van der Waals surface area (Å²) in [6, 6.07) is 0. The molecule has 1 atom stereocenters. The van der Waals surface area contributed by atoms with E-state index >= 15 is 0 Å². The van der Waals surface area contributed by atoms with Crippen LogP contribution in [0.1, 0.15) is 6.42 Å². The van der Waals surface area contributed by atoms with Gasteiger partial charge in [-0.1, -0.05) is 17.7 Å². The molecule has 0 heterocycles. The van der Waals surface area contributed by atoms with Crippen molar-refractivity contribution in [1.29, 1.82) is 0 Å². The lowest BCUT2D eigenvalue weighted by Gasteiger charge is -1.85. The van der Waals surface area contributed by atoms with Crippen molar-refractivity contribution < 1.29 is 4.39 Å². The molecule has 0 rings (SSSR count). The summed E-state index contributed by atoms with van der Waals surface area (Å²) in [5.41, 5.74) is -1.25. The highest BCUT2D eigenvalue weighted by Crippen LogP contribution is 2.01. The summed E-state index contributed by atoms with van der Waals surface area (Å²) in [7, 11) is 0. The van der Waals surface area contributed by atoms with Crippen LogP contribution >= 0.6 is 11.6 Å². The van der Waals surface area contributed by atoms with Crippen LogP contribution in [0.15, 0.2) is 12.7 Å². The topological polar surface area (TPSA) is 0 Å². The fourth-order valence-corrected chi connectivity index (χ4v) is 0.252. The number of allylic oxidation sites excluding steroid dienone is 1. The van der Waals surface area contributed by atoms with E-state index in [-0.39, 0.29) is 6.42 Å². The maximum Gasteiger partial charge on any atom is 0.176 e. The van der Waals surface area contributed by atoms with Gasteiger partial charge in [-0.3, -0.25) is 0 Å². The first-order chi connectivity index (χ1) is 2.77. The van der Waals surface area contributed by atoms with Crippen LogP contribution in [0.25, 0.3) is 0 Å². The molecule has 0 aliphatic rings. The Labute approximate surface area is 41.6 Å². The van der Waals surface area contributed by atoms with Crippen molar-refractivity contribution in [2.24, 2.45) is 0 Å². The van der Waals surface area contributed by atoms with Crippen molar-refractivity contribution in [1.82, 2.24) is 0 Å². The fourth-order valence-electron chi connectivity index (χ4n) is 0.126. The van der Waals surface area contributed by atoms with Crippen LogP contribution < -0.4 is 0 Å². The van der Waals surface area contributed by atoms with Gasteiger partial charge < -0.3 is 0 Å². The van der Waals surface area contributed by atoms with Gasteiger partial charge >= 0.3 is 0 Å². The van der Waals surface area contributed by atoms with E-state index in [9.17, 15) is 4.39 Å². The van der Waals surface area contributed by atoms with Crippen LogP contribution in [0.2, 0.25) is 0 Å². The Bertz CT molecular complexity index is 42.8. The Kier molecular flexibility index (Phi) is 3.14. The molecule has 0 radical (unpaired) electrons. The zero-order valence-electron chi connectivity index (χ0n) is 3.32. The van der Waals surface area contributed by atoms with E-state index in [0.29, 0.717) is 0 Å². The molecule has 0 aromatic rings. The van der Waals surface area contributed by atoms with Gasteiger partial charge in [-0.2, -0.15) is 0 Å². The van der Waals surface area contributed by atoms with Crippen LogP contribution in [0.5, 0.6) is 0 Å². The molecule has 0 aliphatic carbocycles. The van der Waals surface area contributed by atoms with E-state index < -0.39 is 5.63 Å². The van der Waals surface area contributed by atoms with Gasteiger partial charge in [0.25, 0.3) is 0 Å². The normalized spacial score (nSPS) is 13.7. The van der Waals surface area contributed by atoms with Crippen molar-refractivity contribution >= 4 is 11.6 Å². The molecule has 6 heavy (non-hydrogen) atoms. The van der Waals surface area contributed by atoms with Crippen LogP contribution in [-0.2, 0) is 0 Å². The Hall–Kier alpha value is -0.0400. The Morgan fingerprint density at radius 2 is 2.50 bits per heavy atom. The molecular formula is C4H6ClF. The Morgan fingerprint density at radius 1 is 2.00 bits per heavy atom. The molecule has 0 bridgehead atoms. The van der Waals surface area contributed by atoms with Gasteiger partial charge in [0.05, 0.1) is 0 Å². The second kappa shape index (κ2) is 3.16. The monoisotopic (exact) mass is 108 g/mol. The van der Waals surface area contributed by atoms with E-state index in [1.54, 1.807) is 0 Å². The Balaban J connectivity index is 2.81. The number of alkyl halides is 2. The molecular weight excluding hydrogens is 102 g/mol. The lowest BCUT2D eigenvalue weighted by atomic mass is 10.5. The third kappa shape index (κ3) is 3.96. The molecule has 0 spiro atoms. The van der Waals surface area contributed by atoms with Crippen molar-refractivity contribution in [3.8, 4) is 0 Å². The van der Waals surface area contributed by atoms with E-state index in [1.165, 1.54) is 6.08 Å². The fraction of sp³-hybridized carbons (Fsp3) is 0.500. The molecule has 0 saturated carbocycles. The van der Waals surface area contributed by atoms with Crippen molar-refractivity contribution in [2.75, 3.05) is 0 Å². The molecule has 0 aliphatic heterocycles. The lowest BCUT2D eigenvalue weighted by Crippen LogP contribution is -1.80. The third-order valence-electron chi connectivity index (χ3n) is 0.345. The smallest absolute Gasteiger partial charge is 0.176 e. The van der Waals surface area contributed by atoms with E-state index in [1.807, 2.05) is 0 Å². The molecule has 0 aromatic carbocycles. The number of rotatable bonds is 2. The van der Waals surface area contributed by atoms with Crippen LogP contribution in [-0.4, -0.2) is 5.63 Å². The second-order valence-corrected chi connectivity index (χ2v) is 1.39.